The van der Waals surface area contributed by atoms with E-state index < -0.39 is 0 Å². The first-order chi connectivity index (χ1) is 9.20. The molecule has 0 radical (unpaired) electrons. The molecule has 0 atom stereocenters. The van der Waals surface area contributed by atoms with Crippen molar-refractivity contribution < 1.29 is 0 Å². The number of aromatic nitrogens is 4. The number of H-pyrrole nitrogens is 1. The molecule has 3 rings (SSSR count). The fourth-order valence-corrected chi connectivity index (χ4v) is 2.46. The molecule has 2 heterocycles. The largest absolute Gasteiger partial charge is 0.369 e. The molecule has 0 aromatic carbocycles. The average Bonchev–Trinajstić information content (AvgIpc) is 2.82. The molecule has 6 nitrogen and oxygen atoms in total. The highest BCUT2D eigenvalue weighted by Crippen LogP contribution is 2.40. The van der Waals surface area contributed by atoms with Gasteiger partial charge in [0.15, 0.2) is 5.65 Å². The van der Waals surface area contributed by atoms with Gasteiger partial charge < -0.3 is 10.6 Å². The predicted octanol–water partition coefficient (Wildman–Crippen LogP) is 2.39. The van der Waals surface area contributed by atoms with Crippen LogP contribution in [0.15, 0.2) is 6.20 Å². The summed E-state index contributed by atoms with van der Waals surface area (Å²) in [4.78, 5) is 8.91. The van der Waals surface area contributed by atoms with E-state index in [1.807, 2.05) is 6.92 Å². The van der Waals surface area contributed by atoms with Gasteiger partial charge in [-0.1, -0.05) is 13.3 Å². The number of nitrogens with one attached hydrogen (secondary N) is 3. The van der Waals surface area contributed by atoms with Crippen LogP contribution in [0.3, 0.4) is 0 Å². The molecule has 2 aromatic rings. The molecule has 102 valence electrons. The Morgan fingerprint density at radius 3 is 2.84 bits per heavy atom. The van der Waals surface area contributed by atoms with E-state index in [9.17, 15) is 0 Å². The third-order valence-corrected chi connectivity index (χ3v) is 3.89. The number of hydrogen-bond acceptors (Lipinski definition) is 5. The van der Waals surface area contributed by atoms with Gasteiger partial charge in [0, 0.05) is 13.1 Å². The van der Waals surface area contributed by atoms with Gasteiger partial charge in [0.05, 0.1) is 11.6 Å². The first-order valence-corrected chi connectivity index (χ1v) is 6.89. The molecule has 3 N–H and O–H groups in total. The molecule has 1 fully saturated rings. The van der Waals surface area contributed by atoms with Gasteiger partial charge in [-0.3, -0.25) is 5.10 Å². The summed E-state index contributed by atoms with van der Waals surface area (Å²) in [7, 11) is 0. The van der Waals surface area contributed by atoms with Crippen molar-refractivity contribution in [2.45, 2.75) is 33.1 Å². The molecule has 1 aliphatic carbocycles. The maximum absolute atomic E-state index is 4.53. The standard InChI is InChI=1S/C13H20N6/c1-3-14-12-17-10(9-7-16-19-11(9)18-12)15-8-13(2)5-4-6-13/h7H,3-6,8H2,1-2H3,(H3,14,15,16,17,18,19). The number of hydrogen-bond donors (Lipinski definition) is 3. The summed E-state index contributed by atoms with van der Waals surface area (Å²) >= 11 is 0. The molecule has 0 spiro atoms. The zero-order valence-electron chi connectivity index (χ0n) is 11.5. The van der Waals surface area contributed by atoms with E-state index in [0.717, 1.165) is 29.9 Å². The summed E-state index contributed by atoms with van der Waals surface area (Å²) in [6.45, 7) is 6.11. The second-order valence-electron chi connectivity index (χ2n) is 5.58. The Balaban J connectivity index is 1.85. The maximum Gasteiger partial charge on any atom is 0.226 e. The molecular weight excluding hydrogens is 240 g/mol. The lowest BCUT2D eigenvalue weighted by Crippen LogP contribution is -2.33. The molecular formula is C13H20N6. The smallest absolute Gasteiger partial charge is 0.226 e. The van der Waals surface area contributed by atoms with Gasteiger partial charge in [0.25, 0.3) is 0 Å². The van der Waals surface area contributed by atoms with Crippen LogP contribution in [0.5, 0.6) is 0 Å². The first-order valence-electron chi connectivity index (χ1n) is 6.89. The predicted molar refractivity (Wildman–Crippen MR) is 76.3 cm³/mol. The van der Waals surface area contributed by atoms with E-state index in [4.69, 9.17) is 0 Å². The molecule has 0 aliphatic heterocycles. The summed E-state index contributed by atoms with van der Waals surface area (Å²) in [6, 6.07) is 0. The number of aromatic amines is 1. The van der Waals surface area contributed by atoms with Crippen molar-refractivity contribution in [3.8, 4) is 0 Å². The molecule has 0 saturated heterocycles. The van der Waals surface area contributed by atoms with E-state index in [1.165, 1.54) is 19.3 Å². The Morgan fingerprint density at radius 1 is 1.32 bits per heavy atom. The second kappa shape index (κ2) is 4.68. The number of fused-ring (bicyclic) bond motifs is 1. The average molecular weight is 260 g/mol. The number of nitrogens with zero attached hydrogens (tertiary/aromatic N) is 3. The van der Waals surface area contributed by atoms with Gasteiger partial charge >= 0.3 is 0 Å². The SMILES string of the molecule is CCNc1nc(NCC2(C)CCC2)c2cn[nH]c2n1. The molecule has 2 aromatic heterocycles. The van der Waals surface area contributed by atoms with Crippen molar-refractivity contribution in [1.29, 1.82) is 0 Å². The van der Waals surface area contributed by atoms with Crippen LogP contribution in [-0.2, 0) is 0 Å². The van der Waals surface area contributed by atoms with Crippen LogP contribution >= 0.6 is 0 Å². The Kier molecular flexibility index (Phi) is 3.00. The highest BCUT2D eigenvalue weighted by atomic mass is 15.2. The van der Waals surface area contributed by atoms with Crippen molar-refractivity contribution in [2.75, 3.05) is 23.7 Å². The van der Waals surface area contributed by atoms with Crippen LogP contribution < -0.4 is 10.6 Å². The van der Waals surface area contributed by atoms with E-state index in [-0.39, 0.29) is 0 Å². The van der Waals surface area contributed by atoms with Crippen molar-refractivity contribution in [3.63, 3.8) is 0 Å². The Bertz CT molecular complexity index is 572. The fraction of sp³-hybridized carbons (Fsp3) is 0.615. The molecule has 0 unspecified atom stereocenters. The molecule has 6 heteroatoms. The van der Waals surface area contributed by atoms with Crippen LogP contribution in [0.4, 0.5) is 11.8 Å². The van der Waals surface area contributed by atoms with Crippen molar-refractivity contribution >= 4 is 22.8 Å². The lowest BCUT2D eigenvalue weighted by Gasteiger charge is -2.38. The third-order valence-electron chi connectivity index (χ3n) is 3.89. The summed E-state index contributed by atoms with van der Waals surface area (Å²) in [5, 5.41) is 14.5. The third kappa shape index (κ3) is 2.34. The lowest BCUT2D eigenvalue weighted by molar-refractivity contribution is 0.180. The van der Waals surface area contributed by atoms with Gasteiger partial charge in [0.2, 0.25) is 5.95 Å². The van der Waals surface area contributed by atoms with E-state index >= 15 is 0 Å². The minimum Gasteiger partial charge on any atom is -0.369 e. The van der Waals surface area contributed by atoms with E-state index in [0.29, 0.717) is 11.4 Å². The molecule has 0 bridgehead atoms. The van der Waals surface area contributed by atoms with Crippen LogP contribution in [0, 0.1) is 5.41 Å². The zero-order chi connectivity index (χ0) is 13.3. The van der Waals surface area contributed by atoms with Crippen molar-refractivity contribution in [1.82, 2.24) is 20.2 Å². The molecule has 1 aliphatic rings. The highest BCUT2D eigenvalue weighted by molar-refractivity contribution is 5.86. The van der Waals surface area contributed by atoms with Crippen LogP contribution in [0.2, 0.25) is 0 Å². The van der Waals surface area contributed by atoms with Gasteiger partial charge in [-0.15, -0.1) is 0 Å². The minimum atomic E-state index is 0.416. The summed E-state index contributed by atoms with van der Waals surface area (Å²) in [5.74, 6) is 1.50. The van der Waals surface area contributed by atoms with Gasteiger partial charge in [-0.05, 0) is 25.2 Å². The fourth-order valence-electron chi connectivity index (χ4n) is 2.46. The van der Waals surface area contributed by atoms with E-state index in [2.05, 4.69) is 37.7 Å². The Hall–Kier alpha value is -1.85. The topological polar surface area (TPSA) is 78.5 Å². The van der Waals surface area contributed by atoms with Crippen molar-refractivity contribution in [3.05, 3.63) is 6.20 Å². The molecule has 1 saturated carbocycles. The number of anilines is 2. The van der Waals surface area contributed by atoms with Crippen LogP contribution in [0.1, 0.15) is 33.1 Å². The minimum absolute atomic E-state index is 0.416. The van der Waals surface area contributed by atoms with E-state index in [1.54, 1.807) is 6.20 Å². The van der Waals surface area contributed by atoms with Crippen LogP contribution in [0.25, 0.3) is 11.0 Å². The monoisotopic (exact) mass is 260 g/mol. The van der Waals surface area contributed by atoms with Gasteiger partial charge in [-0.25, -0.2) is 0 Å². The Morgan fingerprint density at radius 2 is 2.16 bits per heavy atom. The highest BCUT2D eigenvalue weighted by Gasteiger charge is 2.31. The molecule has 19 heavy (non-hydrogen) atoms. The first kappa shape index (κ1) is 12.2. The quantitative estimate of drug-likeness (QED) is 0.769. The number of rotatable bonds is 5. The summed E-state index contributed by atoms with van der Waals surface area (Å²) < 4.78 is 0. The van der Waals surface area contributed by atoms with Gasteiger partial charge in [0.1, 0.15) is 5.82 Å². The summed E-state index contributed by atoms with van der Waals surface area (Å²) in [5.41, 5.74) is 1.19. The second-order valence-corrected chi connectivity index (χ2v) is 5.58. The molecule has 0 amide bonds. The summed E-state index contributed by atoms with van der Waals surface area (Å²) in [6.07, 6.45) is 5.70. The zero-order valence-corrected chi connectivity index (χ0v) is 11.5. The van der Waals surface area contributed by atoms with Crippen LogP contribution in [-0.4, -0.2) is 33.3 Å². The van der Waals surface area contributed by atoms with Gasteiger partial charge in [-0.2, -0.15) is 15.1 Å². The normalized spacial score (nSPS) is 17.2. The lowest BCUT2D eigenvalue weighted by atomic mass is 9.70. The maximum atomic E-state index is 4.53. The Labute approximate surface area is 112 Å². The van der Waals surface area contributed by atoms with Crippen molar-refractivity contribution in [2.24, 2.45) is 5.41 Å².